The molecule has 6 heteroatoms. The van der Waals surface area contributed by atoms with Gasteiger partial charge in [0.05, 0.1) is 5.69 Å². The van der Waals surface area contributed by atoms with E-state index >= 15 is 0 Å². The second-order valence-electron chi connectivity index (χ2n) is 5.50. The average Bonchev–Trinajstić information content (AvgIpc) is 3.04. The van der Waals surface area contributed by atoms with Crippen molar-refractivity contribution in [1.82, 2.24) is 9.55 Å². The molecule has 1 aliphatic rings. The zero-order valence-corrected chi connectivity index (χ0v) is 13.8. The van der Waals surface area contributed by atoms with Gasteiger partial charge in [-0.2, -0.15) is 0 Å². The SMILES string of the molecule is Cc1ccc(NC(N)=NCCc2cn3c(n2)SCC3)cc1C. The summed E-state index contributed by atoms with van der Waals surface area (Å²) >= 11 is 1.81. The number of hydrogen-bond donors (Lipinski definition) is 2. The predicted molar refractivity (Wildman–Crippen MR) is 92.7 cm³/mol. The molecule has 22 heavy (non-hydrogen) atoms. The lowest BCUT2D eigenvalue weighted by Crippen LogP contribution is -2.23. The highest BCUT2D eigenvalue weighted by molar-refractivity contribution is 7.99. The fourth-order valence-corrected chi connectivity index (χ4v) is 3.34. The molecule has 0 aliphatic carbocycles. The molecular weight excluding hydrogens is 294 g/mol. The van der Waals surface area contributed by atoms with Gasteiger partial charge in [-0.05, 0) is 37.1 Å². The lowest BCUT2D eigenvalue weighted by Gasteiger charge is -2.07. The maximum Gasteiger partial charge on any atom is 0.193 e. The van der Waals surface area contributed by atoms with E-state index in [-0.39, 0.29) is 0 Å². The normalized spacial score (nSPS) is 14.2. The Balaban J connectivity index is 1.54. The number of aryl methyl sites for hydroxylation is 3. The van der Waals surface area contributed by atoms with Crippen LogP contribution in [0.15, 0.2) is 34.5 Å². The Bertz CT molecular complexity index is 683. The smallest absolute Gasteiger partial charge is 0.193 e. The summed E-state index contributed by atoms with van der Waals surface area (Å²) in [4.78, 5) is 8.97. The van der Waals surface area contributed by atoms with Gasteiger partial charge in [0.2, 0.25) is 0 Å². The van der Waals surface area contributed by atoms with E-state index in [0.717, 1.165) is 35.3 Å². The van der Waals surface area contributed by atoms with E-state index in [9.17, 15) is 0 Å². The molecule has 0 atom stereocenters. The van der Waals surface area contributed by atoms with E-state index in [1.54, 1.807) is 0 Å². The van der Waals surface area contributed by atoms with E-state index in [0.29, 0.717) is 12.5 Å². The van der Waals surface area contributed by atoms with Crippen LogP contribution in [0, 0.1) is 13.8 Å². The average molecular weight is 315 g/mol. The van der Waals surface area contributed by atoms with Gasteiger partial charge in [0.25, 0.3) is 0 Å². The molecule has 1 aliphatic heterocycles. The number of benzene rings is 1. The molecule has 0 radical (unpaired) electrons. The summed E-state index contributed by atoms with van der Waals surface area (Å²) in [5, 5.41) is 4.26. The number of hydrogen-bond acceptors (Lipinski definition) is 3. The lowest BCUT2D eigenvalue weighted by atomic mass is 10.1. The summed E-state index contributed by atoms with van der Waals surface area (Å²) in [6, 6.07) is 6.17. The Labute approximate surface area is 135 Å². The molecule has 2 aromatic rings. The van der Waals surface area contributed by atoms with Crippen LogP contribution in [0.25, 0.3) is 0 Å². The summed E-state index contributed by atoms with van der Waals surface area (Å²) < 4.78 is 2.21. The van der Waals surface area contributed by atoms with Crippen LogP contribution < -0.4 is 11.1 Å². The predicted octanol–water partition coefficient (Wildman–Crippen LogP) is 2.57. The van der Waals surface area contributed by atoms with Crippen molar-refractivity contribution in [2.45, 2.75) is 32.0 Å². The number of rotatable bonds is 4. The molecule has 5 nitrogen and oxygen atoms in total. The minimum atomic E-state index is 0.448. The molecular formula is C16H21N5S. The minimum Gasteiger partial charge on any atom is -0.370 e. The van der Waals surface area contributed by atoms with Gasteiger partial charge in [0.1, 0.15) is 0 Å². The summed E-state index contributed by atoms with van der Waals surface area (Å²) in [6.45, 7) is 5.89. The van der Waals surface area contributed by atoms with Crippen LogP contribution in [0.1, 0.15) is 16.8 Å². The van der Waals surface area contributed by atoms with Crippen LogP contribution in [0.4, 0.5) is 5.69 Å². The van der Waals surface area contributed by atoms with Crippen LogP contribution >= 0.6 is 11.8 Å². The number of nitrogens with one attached hydrogen (secondary N) is 1. The summed E-state index contributed by atoms with van der Waals surface area (Å²) in [6.07, 6.45) is 2.94. The number of fused-ring (bicyclic) bond motifs is 1. The standard InChI is InChI=1S/C16H21N5S/c1-11-3-4-13(9-12(11)2)19-15(17)18-6-5-14-10-21-7-8-22-16(21)20-14/h3-4,9-10H,5-8H2,1-2H3,(H3,17,18,19). The van der Waals surface area contributed by atoms with Crippen LogP contribution in [0.3, 0.4) is 0 Å². The second-order valence-corrected chi connectivity index (χ2v) is 6.56. The van der Waals surface area contributed by atoms with Gasteiger partial charge in [0.15, 0.2) is 11.1 Å². The molecule has 3 rings (SSSR count). The zero-order valence-electron chi connectivity index (χ0n) is 13.0. The number of thioether (sulfide) groups is 1. The van der Waals surface area contributed by atoms with Crippen molar-refractivity contribution in [3.63, 3.8) is 0 Å². The molecule has 0 fully saturated rings. The first-order valence-corrected chi connectivity index (χ1v) is 8.43. The second kappa shape index (κ2) is 6.44. The maximum atomic E-state index is 5.94. The van der Waals surface area contributed by atoms with Gasteiger partial charge in [-0.15, -0.1) is 0 Å². The molecule has 0 unspecified atom stereocenters. The summed E-state index contributed by atoms with van der Waals surface area (Å²) in [7, 11) is 0. The monoisotopic (exact) mass is 315 g/mol. The van der Waals surface area contributed by atoms with Gasteiger partial charge in [0, 0.05) is 37.1 Å². The van der Waals surface area contributed by atoms with Crippen LogP contribution in [-0.2, 0) is 13.0 Å². The molecule has 0 bridgehead atoms. The third-order valence-corrected chi connectivity index (χ3v) is 4.75. The van der Waals surface area contributed by atoms with Crippen molar-refractivity contribution in [3.8, 4) is 0 Å². The third kappa shape index (κ3) is 3.44. The molecule has 1 aromatic heterocycles. The van der Waals surface area contributed by atoms with Gasteiger partial charge < -0.3 is 15.6 Å². The Morgan fingerprint density at radius 1 is 1.41 bits per heavy atom. The fraction of sp³-hybridized carbons (Fsp3) is 0.375. The highest BCUT2D eigenvalue weighted by Gasteiger charge is 2.13. The van der Waals surface area contributed by atoms with Gasteiger partial charge >= 0.3 is 0 Å². The van der Waals surface area contributed by atoms with Crippen LogP contribution in [0.2, 0.25) is 0 Å². The van der Waals surface area contributed by atoms with E-state index in [1.165, 1.54) is 11.1 Å². The van der Waals surface area contributed by atoms with E-state index in [4.69, 9.17) is 5.73 Å². The van der Waals surface area contributed by atoms with Gasteiger partial charge in [-0.3, -0.25) is 4.99 Å². The van der Waals surface area contributed by atoms with Crippen LogP contribution in [0.5, 0.6) is 0 Å². The van der Waals surface area contributed by atoms with E-state index in [1.807, 2.05) is 17.8 Å². The zero-order chi connectivity index (χ0) is 15.5. The first kappa shape index (κ1) is 15.0. The maximum absolute atomic E-state index is 5.94. The number of aliphatic imine (C=N–C) groups is 1. The van der Waals surface area contributed by atoms with Crippen molar-refractivity contribution in [3.05, 3.63) is 41.2 Å². The number of aromatic nitrogens is 2. The summed E-state index contributed by atoms with van der Waals surface area (Å²) in [5.41, 5.74) is 10.5. The summed E-state index contributed by atoms with van der Waals surface area (Å²) in [5.74, 6) is 1.58. The van der Waals surface area contributed by atoms with Gasteiger partial charge in [-0.1, -0.05) is 17.8 Å². The first-order chi connectivity index (χ1) is 10.6. The van der Waals surface area contributed by atoms with Crippen molar-refractivity contribution >= 4 is 23.4 Å². The molecule has 0 saturated heterocycles. The van der Waals surface area contributed by atoms with Crippen molar-refractivity contribution < 1.29 is 0 Å². The van der Waals surface area contributed by atoms with E-state index in [2.05, 4.69) is 52.0 Å². The van der Waals surface area contributed by atoms with Crippen molar-refractivity contribution in [2.75, 3.05) is 17.6 Å². The Kier molecular flexibility index (Phi) is 4.38. The molecule has 3 N–H and O–H groups in total. The van der Waals surface area contributed by atoms with Gasteiger partial charge in [-0.25, -0.2) is 4.98 Å². The third-order valence-electron chi connectivity index (χ3n) is 3.78. The van der Waals surface area contributed by atoms with Crippen molar-refractivity contribution in [2.24, 2.45) is 10.7 Å². The molecule has 1 aromatic carbocycles. The highest BCUT2D eigenvalue weighted by Crippen LogP contribution is 2.24. The first-order valence-electron chi connectivity index (χ1n) is 7.45. The van der Waals surface area contributed by atoms with Crippen LogP contribution in [-0.4, -0.2) is 27.8 Å². The Morgan fingerprint density at radius 2 is 2.27 bits per heavy atom. The number of nitrogens with zero attached hydrogens (tertiary/aromatic N) is 3. The number of anilines is 1. The van der Waals surface area contributed by atoms with E-state index < -0.39 is 0 Å². The lowest BCUT2D eigenvalue weighted by molar-refractivity contribution is 0.719. The topological polar surface area (TPSA) is 68.2 Å². The largest absolute Gasteiger partial charge is 0.370 e. The Morgan fingerprint density at radius 3 is 3.05 bits per heavy atom. The number of imidazole rings is 1. The minimum absolute atomic E-state index is 0.448. The molecule has 2 heterocycles. The number of nitrogens with two attached hydrogens (primary N) is 1. The molecule has 116 valence electrons. The quantitative estimate of drug-likeness (QED) is 0.672. The van der Waals surface area contributed by atoms with Crippen molar-refractivity contribution in [1.29, 1.82) is 0 Å². The molecule has 0 spiro atoms. The number of guanidine groups is 1. The molecule has 0 amide bonds. The highest BCUT2D eigenvalue weighted by atomic mass is 32.2. The Hall–Kier alpha value is -1.95. The molecule has 0 saturated carbocycles. The fourth-order valence-electron chi connectivity index (χ4n) is 2.38.